The summed E-state index contributed by atoms with van der Waals surface area (Å²) in [5.41, 5.74) is 0. The topological polar surface area (TPSA) is 78.9 Å². The zero-order valence-corrected chi connectivity index (χ0v) is 51.5. The molecule has 6 nitrogen and oxygen atoms in total. The van der Waals surface area contributed by atoms with E-state index in [9.17, 15) is 14.4 Å². The molecule has 0 aliphatic rings. The quantitative estimate of drug-likeness (QED) is 0.0261. The van der Waals surface area contributed by atoms with Gasteiger partial charge in [-0.25, -0.2) is 0 Å². The molecule has 0 radical (unpaired) electrons. The number of unbranched alkanes of at least 4 members (excludes halogenated alkanes) is 20. The van der Waals surface area contributed by atoms with Crippen LogP contribution < -0.4 is 0 Å². The van der Waals surface area contributed by atoms with Crippen LogP contribution in [0.25, 0.3) is 0 Å². The van der Waals surface area contributed by atoms with E-state index in [2.05, 4.69) is 179 Å². The maximum absolute atomic E-state index is 12.9. The van der Waals surface area contributed by atoms with Crippen molar-refractivity contribution in [2.75, 3.05) is 13.2 Å². The number of rotatable bonds is 57. The number of esters is 3. The number of allylic oxidation sites excluding steroid dienone is 26. The molecule has 0 spiro atoms. The Kier molecular flexibility index (Phi) is 62.4. The van der Waals surface area contributed by atoms with Crippen LogP contribution in [0.4, 0.5) is 0 Å². The fourth-order valence-corrected chi connectivity index (χ4v) is 8.48. The minimum absolute atomic E-state index is 0.111. The van der Waals surface area contributed by atoms with Gasteiger partial charge < -0.3 is 14.2 Å². The minimum Gasteiger partial charge on any atom is -0.462 e. The van der Waals surface area contributed by atoms with E-state index in [1.807, 2.05) is 0 Å². The lowest BCUT2D eigenvalue weighted by Gasteiger charge is -2.18. The van der Waals surface area contributed by atoms with E-state index in [0.717, 1.165) is 141 Å². The molecule has 0 aliphatic carbocycles. The van der Waals surface area contributed by atoms with Gasteiger partial charge in [-0.1, -0.05) is 281 Å². The highest BCUT2D eigenvalue weighted by molar-refractivity contribution is 5.71. The summed E-state index contributed by atoms with van der Waals surface area (Å²) in [5, 5.41) is 0. The second-order valence-electron chi connectivity index (χ2n) is 20.9. The predicted octanol–water partition coefficient (Wildman–Crippen LogP) is 22.5. The van der Waals surface area contributed by atoms with Gasteiger partial charge >= 0.3 is 17.9 Å². The molecule has 0 saturated heterocycles. The molecule has 0 rings (SSSR count). The van der Waals surface area contributed by atoms with Crippen molar-refractivity contribution in [3.05, 3.63) is 158 Å². The van der Waals surface area contributed by atoms with Crippen LogP contribution in [-0.4, -0.2) is 37.2 Å². The first-order valence-electron chi connectivity index (χ1n) is 32.5. The van der Waals surface area contributed by atoms with Crippen molar-refractivity contribution in [1.29, 1.82) is 0 Å². The van der Waals surface area contributed by atoms with Crippen molar-refractivity contribution in [2.24, 2.45) is 0 Å². The summed E-state index contributed by atoms with van der Waals surface area (Å²) in [6.45, 7) is 6.36. The molecule has 450 valence electrons. The molecule has 0 amide bonds. The highest BCUT2D eigenvalue weighted by atomic mass is 16.6. The molecule has 0 aliphatic heterocycles. The summed E-state index contributed by atoms with van der Waals surface area (Å²) in [5.74, 6) is -0.989. The van der Waals surface area contributed by atoms with Crippen LogP contribution in [0, 0.1) is 0 Å². The molecule has 0 fully saturated rings. The van der Waals surface area contributed by atoms with Crippen molar-refractivity contribution in [3.8, 4) is 0 Å². The number of carbonyl (C=O) groups is 3. The van der Waals surface area contributed by atoms with E-state index in [1.54, 1.807) is 0 Å². The number of carbonyl (C=O) groups excluding carboxylic acids is 3. The van der Waals surface area contributed by atoms with Gasteiger partial charge in [-0.2, -0.15) is 0 Å². The average Bonchev–Trinajstić information content (AvgIpc) is 3.46. The van der Waals surface area contributed by atoms with Gasteiger partial charge in [0.05, 0.1) is 0 Å². The maximum atomic E-state index is 12.9. The Hall–Kier alpha value is -4.97. The molecule has 0 aromatic rings. The number of hydrogen-bond donors (Lipinski definition) is 0. The molecule has 0 N–H and O–H groups in total. The fraction of sp³-hybridized carbons (Fsp3) is 0.608. The third kappa shape index (κ3) is 63.9. The Balaban J connectivity index is 4.54. The third-order valence-corrected chi connectivity index (χ3v) is 13.3. The van der Waals surface area contributed by atoms with Crippen molar-refractivity contribution >= 4 is 17.9 Å². The Morgan fingerprint density at radius 2 is 0.487 bits per heavy atom. The summed E-state index contributed by atoms with van der Waals surface area (Å²) >= 11 is 0. The predicted molar refractivity (Wildman–Crippen MR) is 348 cm³/mol. The van der Waals surface area contributed by atoms with E-state index in [1.165, 1.54) is 83.5 Å². The highest BCUT2D eigenvalue weighted by Crippen LogP contribution is 2.15. The lowest BCUT2D eigenvalue weighted by Crippen LogP contribution is -2.30. The summed E-state index contributed by atoms with van der Waals surface area (Å²) in [7, 11) is 0. The van der Waals surface area contributed by atoms with Crippen LogP contribution in [-0.2, 0) is 28.6 Å². The van der Waals surface area contributed by atoms with Crippen molar-refractivity contribution in [1.82, 2.24) is 0 Å². The van der Waals surface area contributed by atoms with Crippen LogP contribution in [0.3, 0.4) is 0 Å². The average molecular weight is 1100 g/mol. The molecule has 0 aromatic heterocycles. The summed E-state index contributed by atoms with van der Waals surface area (Å²) in [4.78, 5) is 38.4. The van der Waals surface area contributed by atoms with Crippen LogP contribution >= 0.6 is 0 Å². The lowest BCUT2D eigenvalue weighted by molar-refractivity contribution is -0.167. The van der Waals surface area contributed by atoms with Crippen molar-refractivity contribution in [3.63, 3.8) is 0 Å². The Morgan fingerprint density at radius 1 is 0.263 bits per heavy atom. The molecule has 0 aromatic carbocycles. The smallest absolute Gasteiger partial charge is 0.306 e. The van der Waals surface area contributed by atoms with Crippen LogP contribution in [0.1, 0.15) is 271 Å². The summed E-state index contributed by atoms with van der Waals surface area (Å²) < 4.78 is 16.9. The molecule has 1 atom stereocenters. The van der Waals surface area contributed by atoms with Gasteiger partial charge in [0, 0.05) is 19.3 Å². The largest absolute Gasteiger partial charge is 0.462 e. The zero-order chi connectivity index (χ0) is 57.8. The lowest BCUT2D eigenvalue weighted by atomic mass is 10.0. The van der Waals surface area contributed by atoms with Gasteiger partial charge in [0.1, 0.15) is 13.2 Å². The third-order valence-electron chi connectivity index (χ3n) is 13.3. The second kappa shape index (κ2) is 66.5. The normalized spacial score (nSPS) is 13.2. The molecular formula is C74H118O6. The second-order valence-corrected chi connectivity index (χ2v) is 20.9. The van der Waals surface area contributed by atoms with Gasteiger partial charge in [0.15, 0.2) is 6.10 Å². The molecule has 0 heterocycles. The van der Waals surface area contributed by atoms with E-state index in [4.69, 9.17) is 14.2 Å². The van der Waals surface area contributed by atoms with E-state index >= 15 is 0 Å². The summed E-state index contributed by atoms with van der Waals surface area (Å²) in [6, 6.07) is 0. The monoisotopic (exact) mass is 1100 g/mol. The molecule has 6 heteroatoms. The highest BCUT2D eigenvalue weighted by Gasteiger charge is 2.19. The summed E-state index contributed by atoms with van der Waals surface area (Å²) in [6.07, 6.45) is 96.7. The van der Waals surface area contributed by atoms with Gasteiger partial charge in [-0.15, -0.1) is 0 Å². The van der Waals surface area contributed by atoms with Gasteiger partial charge in [0.25, 0.3) is 0 Å². The van der Waals surface area contributed by atoms with E-state index < -0.39 is 6.10 Å². The van der Waals surface area contributed by atoms with E-state index in [-0.39, 0.29) is 37.5 Å². The SMILES string of the molecule is CC/C=C\C/C=C\C/C=C\C/C=C\C/C=C\C/C=C\C/C=C\CCCCCC(=O)OCC(COC(=O)CCCCCCCCCCCCCCCCCC)OC(=O)CCCC/C=C\C/C=C\C/C=C\C/C=C\C/C=C\C/C=C\CC. The van der Waals surface area contributed by atoms with Crippen LogP contribution in [0.5, 0.6) is 0 Å². The first-order chi connectivity index (χ1) is 39.5. The van der Waals surface area contributed by atoms with Crippen LogP contribution in [0.2, 0.25) is 0 Å². The number of hydrogen-bond acceptors (Lipinski definition) is 6. The Bertz CT molecular complexity index is 1790. The van der Waals surface area contributed by atoms with Crippen molar-refractivity contribution in [2.45, 2.75) is 277 Å². The molecular weight excluding hydrogens is 985 g/mol. The zero-order valence-electron chi connectivity index (χ0n) is 51.5. The minimum atomic E-state index is -0.823. The van der Waals surface area contributed by atoms with Gasteiger partial charge in [-0.05, 0) is 128 Å². The molecule has 0 saturated carbocycles. The first-order valence-corrected chi connectivity index (χ1v) is 32.5. The first kappa shape index (κ1) is 75.0. The van der Waals surface area contributed by atoms with E-state index in [0.29, 0.717) is 19.3 Å². The van der Waals surface area contributed by atoms with Gasteiger partial charge in [-0.3, -0.25) is 14.4 Å². The standard InChI is InChI=1S/C74H118O6/c1-4-7-10-13-16-19-22-25-28-31-33-35-36-37-38-40-41-43-46-49-52-55-58-61-64-67-73(76)79-70-71(69-78-72(75)66-63-60-57-54-51-48-45-30-27-24-21-18-15-12-9-6-3)80-74(77)68-65-62-59-56-53-50-47-44-42-39-34-32-29-26-23-20-17-14-11-8-5-2/h7-8,10-11,16-17,19-20,25-26,28-29,33-35,37-39,41,43-44,47,49,52-53,56,71H,4-6,9,12-15,18,21-24,27,30-32,36,40,42,45-46,48,50-51,54-55,57-70H2,1-3H3/b10-7-,11-8-,19-16-,20-17-,28-25-,29-26-,35-33-,38-37-,39-34-,43-41-,47-44-,52-49-,56-53-. The fourth-order valence-electron chi connectivity index (χ4n) is 8.48. The number of ether oxygens (including phenoxy) is 3. The molecule has 80 heavy (non-hydrogen) atoms. The molecule has 1 unspecified atom stereocenters. The Labute approximate surface area is 492 Å². The maximum Gasteiger partial charge on any atom is 0.306 e. The molecule has 0 bridgehead atoms. The van der Waals surface area contributed by atoms with Gasteiger partial charge in [0.2, 0.25) is 0 Å². The van der Waals surface area contributed by atoms with Crippen LogP contribution in [0.15, 0.2) is 158 Å². The Morgan fingerprint density at radius 3 is 0.787 bits per heavy atom. The van der Waals surface area contributed by atoms with Crippen molar-refractivity contribution < 1.29 is 28.6 Å².